The van der Waals surface area contributed by atoms with Gasteiger partial charge in [-0.3, -0.25) is 4.79 Å². The molecule has 1 amide bonds. The van der Waals surface area contributed by atoms with Gasteiger partial charge in [0, 0.05) is 23.0 Å². The van der Waals surface area contributed by atoms with Gasteiger partial charge in [-0.2, -0.15) is 5.10 Å². The number of aryl methyl sites for hydroxylation is 1. The Morgan fingerprint density at radius 3 is 2.53 bits per heavy atom. The summed E-state index contributed by atoms with van der Waals surface area (Å²) in [4.78, 5) is 14.9. The smallest absolute Gasteiger partial charge is 0.256 e. The van der Waals surface area contributed by atoms with Gasteiger partial charge in [-0.1, -0.05) is 35.3 Å². The molecule has 0 spiro atoms. The fraction of sp³-hybridized carbons (Fsp3) is 0.130. The van der Waals surface area contributed by atoms with Crippen LogP contribution in [0, 0.1) is 6.92 Å². The number of benzene rings is 2. The van der Waals surface area contributed by atoms with Crippen molar-refractivity contribution in [2.45, 2.75) is 20.0 Å². The summed E-state index contributed by atoms with van der Waals surface area (Å²) >= 11 is 12.2. The summed E-state index contributed by atoms with van der Waals surface area (Å²) in [6, 6.07) is 17.1. The molecule has 0 atom stereocenters. The highest BCUT2D eigenvalue weighted by atomic mass is 35.5. The molecule has 2 aromatic carbocycles. The molecule has 0 saturated carbocycles. The lowest BCUT2D eigenvalue weighted by molar-refractivity contribution is 0.0749. The summed E-state index contributed by atoms with van der Waals surface area (Å²) in [5.41, 5.74) is 4.52. The van der Waals surface area contributed by atoms with Crippen molar-refractivity contribution >= 4 is 29.1 Å². The third-order valence-corrected chi connectivity index (χ3v) is 5.82. The lowest BCUT2D eigenvalue weighted by Gasteiger charge is -2.18. The van der Waals surface area contributed by atoms with Gasteiger partial charge < -0.3 is 9.47 Å². The van der Waals surface area contributed by atoms with Crippen molar-refractivity contribution in [3.05, 3.63) is 99.4 Å². The van der Waals surface area contributed by atoms with E-state index in [0.717, 1.165) is 28.3 Å². The molecule has 150 valence electrons. The number of hydrogen-bond donors (Lipinski definition) is 0. The molecule has 5 nitrogen and oxygen atoms in total. The summed E-state index contributed by atoms with van der Waals surface area (Å²) in [6.45, 7) is 2.96. The summed E-state index contributed by atoms with van der Waals surface area (Å²) < 4.78 is 3.99. The first kappa shape index (κ1) is 19.0. The van der Waals surface area contributed by atoms with Crippen molar-refractivity contribution in [2.24, 2.45) is 0 Å². The van der Waals surface area contributed by atoms with Crippen LogP contribution in [0.15, 0.2) is 67.0 Å². The number of fused-ring (bicyclic) bond motifs is 1. The first-order valence-electron chi connectivity index (χ1n) is 9.57. The van der Waals surface area contributed by atoms with Crippen LogP contribution >= 0.6 is 23.2 Å². The van der Waals surface area contributed by atoms with Crippen LogP contribution < -0.4 is 0 Å². The van der Waals surface area contributed by atoms with Crippen LogP contribution in [0.3, 0.4) is 0 Å². The SMILES string of the molecule is Cc1cccc(-n2nc3c(c2-n2cccc2)CN(C(=O)c2ccc(Cl)cc2Cl)C3)c1. The Kier molecular flexibility index (Phi) is 4.65. The zero-order chi connectivity index (χ0) is 20.8. The van der Waals surface area contributed by atoms with Crippen LogP contribution in [0.2, 0.25) is 10.0 Å². The molecule has 0 bridgehead atoms. The second-order valence-corrected chi connectivity index (χ2v) is 8.22. The fourth-order valence-corrected chi connectivity index (χ4v) is 4.35. The number of rotatable bonds is 3. The van der Waals surface area contributed by atoms with E-state index in [0.29, 0.717) is 28.7 Å². The van der Waals surface area contributed by atoms with Crippen molar-refractivity contribution in [2.75, 3.05) is 0 Å². The molecule has 0 saturated heterocycles. The molecule has 5 rings (SSSR count). The minimum atomic E-state index is -0.129. The largest absolute Gasteiger partial charge is 0.328 e. The highest BCUT2D eigenvalue weighted by molar-refractivity contribution is 6.36. The Morgan fingerprint density at radius 2 is 1.80 bits per heavy atom. The van der Waals surface area contributed by atoms with E-state index in [-0.39, 0.29) is 5.91 Å². The average Bonchev–Trinajstić information content (AvgIpc) is 3.43. The number of aromatic nitrogens is 3. The molecule has 0 N–H and O–H groups in total. The van der Waals surface area contributed by atoms with E-state index in [2.05, 4.69) is 19.1 Å². The Morgan fingerprint density at radius 1 is 1.00 bits per heavy atom. The van der Waals surface area contributed by atoms with Gasteiger partial charge in [0.1, 0.15) is 5.82 Å². The normalized spacial score (nSPS) is 13.0. The molecule has 2 aromatic heterocycles. The highest BCUT2D eigenvalue weighted by Gasteiger charge is 2.32. The molecule has 0 aliphatic carbocycles. The molecule has 1 aliphatic heterocycles. The minimum absolute atomic E-state index is 0.129. The quantitative estimate of drug-likeness (QED) is 0.429. The molecular weight excluding hydrogens is 419 g/mol. The zero-order valence-corrected chi connectivity index (χ0v) is 17.7. The van der Waals surface area contributed by atoms with Gasteiger partial charge in [0.05, 0.1) is 35.1 Å². The molecule has 0 radical (unpaired) electrons. The molecule has 0 fully saturated rings. The predicted octanol–water partition coefficient (Wildman–Crippen LogP) is 5.43. The Labute approximate surface area is 184 Å². The van der Waals surface area contributed by atoms with Gasteiger partial charge in [-0.25, -0.2) is 4.68 Å². The molecule has 30 heavy (non-hydrogen) atoms. The lowest BCUT2D eigenvalue weighted by Crippen LogP contribution is -2.26. The van der Waals surface area contributed by atoms with E-state index in [9.17, 15) is 4.79 Å². The Bertz CT molecular complexity index is 1260. The maximum absolute atomic E-state index is 13.1. The van der Waals surface area contributed by atoms with Gasteiger partial charge in [0.2, 0.25) is 0 Å². The standard InChI is InChI=1S/C23H18Cl2N4O/c1-15-5-4-6-17(11-15)29-22(27-9-2-3-10-27)19-13-28(14-21(19)26-29)23(30)18-8-7-16(24)12-20(18)25/h2-12H,13-14H2,1H3. The molecular formula is C23H18Cl2N4O. The average molecular weight is 437 g/mol. The van der Waals surface area contributed by atoms with Gasteiger partial charge in [-0.15, -0.1) is 0 Å². The van der Waals surface area contributed by atoms with Crippen molar-refractivity contribution in [3.63, 3.8) is 0 Å². The summed E-state index contributed by atoms with van der Waals surface area (Å²) in [5, 5.41) is 5.73. The van der Waals surface area contributed by atoms with E-state index in [1.54, 1.807) is 23.1 Å². The van der Waals surface area contributed by atoms with Crippen LogP contribution in [0.5, 0.6) is 0 Å². The molecule has 0 unspecified atom stereocenters. The van der Waals surface area contributed by atoms with Gasteiger partial charge >= 0.3 is 0 Å². The van der Waals surface area contributed by atoms with Crippen LogP contribution in [-0.2, 0) is 13.1 Å². The van der Waals surface area contributed by atoms with Gasteiger partial charge in [-0.05, 0) is 55.0 Å². The van der Waals surface area contributed by atoms with Crippen LogP contribution in [-0.4, -0.2) is 25.2 Å². The van der Waals surface area contributed by atoms with Crippen LogP contribution in [0.1, 0.15) is 27.2 Å². The van der Waals surface area contributed by atoms with Crippen molar-refractivity contribution in [1.29, 1.82) is 0 Å². The van der Waals surface area contributed by atoms with Gasteiger partial charge in [0.25, 0.3) is 5.91 Å². The van der Waals surface area contributed by atoms with E-state index >= 15 is 0 Å². The van der Waals surface area contributed by atoms with Gasteiger partial charge in [0.15, 0.2) is 0 Å². The first-order valence-corrected chi connectivity index (χ1v) is 10.3. The summed E-state index contributed by atoms with van der Waals surface area (Å²) in [5.74, 6) is 0.813. The Hall–Kier alpha value is -3.02. The minimum Gasteiger partial charge on any atom is -0.328 e. The highest BCUT2D eigenvalue weighted by Crippen LogP contribution is 2.32. The van der Waals surface area contributed by atoms with E-state index in [4.69, 9.17) is 28.3 Å². The van der Waals surface area contributed by atoms with E-state index in [1.807, 2.05) is 45.9 Å². The summed E-state index contributed by atoms with van der Waals surface area (Å²) in [7, 11) is 0. The molecule has 1 aliphatic rings. The topological polar surface area (TPSA) is 43.1 Å². The van der Waals surface area contributed by atoms with E-state index in [1.165, 1.54) is 0 Å². The second kappa shape index (κ2) is 7.35. The third kappa shape index (κ3) is 3.20. The number of carbonyl (C=O) groups is 1. The number of hydrogen-bond acceptors (Lipinski definition) is 2. The first-order chi connectivity index (χ1) is 14.5. The van der Waals surface area contributed by atoms with Crippen molar-refractivity contribution in [3.8, 4) is 11.5 Å². The predicted molar refractivity (Wildman–Crippen MR) is 118 cm³/mol. The van der Waals surface area contributed by atoms with Crippen molar-refractivity contribution < 1.29 is 4.79 Å². The Balaban J connectivity index is 1.55. The third-order valence-electron chi connectivity index (χ3n) is 5.27. The number of amides is 1. The number of nitrogens with zero attached hydrogens (tertiary/aromatic N) is 4. The molecule has 4 aromatic rings. The van der Waals surface area contributed by atoms with Crippen LogP contribution in [0.25, 0.3) is 11.5 Å². The summed E-state index contributed by atoms with van der Waals surface area (Å²) in [6.07, 6.45) is 3.98. The van der Waals surface area contributed by atoms with Crippen LogP contribution in [0.4, 0.5) is 0 Å². The van der Waals surface area contributed by atoms with Crippen molar-refractivity contribution in [1.82, 2.24) is 19.2 Å². The zero-order valence-electron chi connectivity index (χ0n) is 16.2. The monoisotopic (exact) mass is 436 g/mol. The maximum Gasteiger partial charge on any atom is 0.256 e. The fourth-order valence-electron chi connectivity index (χ4n) is 3.86. The number of carbonyl (C=O) groups excluding carboxylic acids is 1. The number of halogens is 2. The lowest BCUT2D eigenvalue weighted by atomic mass is 10.2. The van der Waals surface area contributed by atoms with E-state index < -0.39 is 0 Å². The second-order valence-electron chi connectivity index (χ2n) is 7.38. The molecule has 7 heteroatoms. The maximum atomic E-state index is 13.1. The molecule has 3 heterocycles.